The van der Waals surface area contributed by atoms with Crippen molar-refractivity contribution in [3.05, 3.63) is 23.5 Å². The molecule has 0 saturated carbocycles. The van der Waals surface area contributed by atoms with Crippen LogP contribution in [0.3, 0.4) is 0 Å². The van der Waals surface area contributed by atoms with E-state index in [1.165, 1.54) is 10.00 Å². The van der Waals surface area contributed by atoms with Gasteiger partial charge in [-0.3, -0.25) is 0 Å². The Hall–Kier alpha value is -0.520. The number of rotatable bonds is 2. The van der Waals surface area contributed by atoms with E-state index >= 15 is 0 Å². The summed E-state index contributed by atoms with van der Waals surface area (Å²) in [6.45, 7) is 5.13. The van der Waals surface area contributed by atoms with E-state index in [1.807, 2.05) is 26.0 Å². The predicted octanol–water partition coefficient (Wildman–Crippen LogP) is 1.70. The standard InChI is InChI=1S/C10H15ClN2O2S/c1-8-3-4-10-9(2)13(6-5-12(8)10)16(14,15)7-11/h3-4,9H,5-7H2,1-2H3. The zero-order valence-corrected chi connectivity index (χ0v) is 10.9. The minimum absolute atomic E-state index is 0.133. The third-order valence-electron chi connectivity index (χ3n) is 3.13. The smallest absolute Gasteiger partial charge is 0.228 e. The van der Waals surface area contributed by atoms with E-state index < -0.39 is 10.0 Å². The number of aryl methyl sites for hydroxylation is 1. The Kier molecular flexibility index (Phi) is 3.03. The van der Waals surface area contributed by atoms with Gasteiger partial charge in [-0.1, -0.05) is 0 Å². The molecule has 0 amide bonds. The van der Waals surface area contributed by atoms with Crippen molar-refractivity contribution in [3.63, 3.8) is 0 Å². The molecule has 16 heavy (non-hydrogen) atoms. The van der Waals surface area contributed by atoms with Gasteiger partial charge in [0, 0.05) is 24.5 Å². The van der Waals surface area contributed by atoms with Crippen LogP contribution in [0.15, 0.2) is 12.1 Å². The van der Waals surface area contributed by atoms with Crippen molar-refractivity contribution in [1.29, 1.82) is 0 Å². The average Bonchev–Trinajstić information content (AvgIpc) is 2.62. The van der Waals surface area contributed by atoms with Gasteiger partial charge in [-0.25, -0.2) is 8.42 Å². The van der Waals surface area contributed by atoms with Gasteiger partial charge < -0.3 is 4.57 Å². The van der Waals surface area contributed by atoms with Crippen LogP contribution in [0.25, 0.3) is 0 Å². The van der Waals surface area contributed by atoms with Crippen LogP contribution in [0.1, 0.15) is 24.4 Å². The number of sulfonamides is 1. The topological polar surface area (TPSA) is 42.3 Å². The number of aromatic nitrogens is 1. The number of halogens is 1. The zero-order valence-electron chi connectivity index (χ0n) is 9.35. The van der Waals surface area contributed by atoms with E-state index in [2.05, 4.69) is 4.57 Å². The lowest BCUT2D eigenvalue weighted by Crippen LogP contribution is -2.41. The number of nitrogens with zero attached hydrogens (tertiary/aromatic N) is 2. The Balaban J connectivity index is 2.39. The maximum absolute atomic E-state index is 11.8. The first-order chi connectivity index (χ1) is 7.47. The highest BCUT2D eigenvalue weighted by Gasteiger charge is 2.32. The predicted molar refractivity (Wildman–Crippen MR) is 63.9 cm³/mol. The Bertz CT molecular complexity index is 495. The van der Waals surface area contributed by atoms with Crippen LogP contribution in [0.4, 0.5) is 0 Å². The van der Waals surface area contributed by atoms with E-state index in [0.29, 0.717) is 13.1 Å². The molecular formula is C10H15ClN2O2S. The summed E-state index contributed by atoms with van der Waals surface area (Å²) in [5.41, 5.74) is 2.21. The molecule has 0 radical (unpaired) electrons. The zero-order chi connectivity index (χ0) is 11.9. The highest BCUT2D eigenvalue weighted by atomic mass is 35.5. The monoisotopic (exact) mass is 262 g/mol. The number of fused-ring (bicyclic) bond motifs is 1. The molecule has 6 heteroatoms. The second kappa shape index (κ2) is 4.05. The minimum atomic E-state index is -3.32. The van der Waals surface area contributed by atoms with E-state index in [1.54, 1.807) is 0 Å². The van der Waals surface area contributed by atoms with Gasteiger partial charge in [-0.2, -0.15) is 4.31 Å². The molecular weight excluding hydrogens is 248 g/mol. The lowest BCUT2D eigenvalue weighted by molar-refractivity contribution is 0.282. The van der Waals surface area contributed by atoms with E-state index in [9.17, 15) is 8.42 Å². The molecule has 1 aromatic rings. The Morgan fingerprint density at radius 1 is 1.44 bits per heavy atom. The first kappa shape index (κ1) is 12.0. The summed E-state index contributed by atoms with van der Waals surface area (Å²) >= 11 is 5.49. The molecule has 1 aliphatic rings. The Labute approximate surface area is 101 Å². The van der Waals surface area contributed by atoms with Crippen LogP contribution >= 0.6 is 11.6 Å². The summed E-state index contributed by atoms with van der Waals surface area (Å²) in [6, 6.07) is 3.87. The minimum Gasteiger partial charge on any atom is -0.346 e. The van der Waals surface area contributed by atoms with Crippen LogP contribution in [0, 0.1) is 6.92 Å². The van der Waals surface area contributed by atoms with Crippen LogP contribution in [-0.2, 0) is 16.6 Å². The molecule has 0 N–H and O–H groups in total. The molecule has 2 heterocycles. The molecule has 4 nitrogen and oxygen atoms in total. The summed E-state index contributed by atoms with van der Waals surface area (Å²) in [5.74, 6) is 0. The van der Waals surface area contributed by atoms with Crippen molar-refractivity contribution in [1.82, 2.24) is 8.87 Å². The molecule has 1 aliphatic heterocycles. The fraction of sp³-hybridized carbons (Fsp3) is 0.600. The molecule has 1 atom stereocenters. The van der Waals surface area contributed by atoms with Gasteiger partial charge in [0.25, 0.3) is 0 Å². The van der Waals surface area contributed by atoms with Crippen molar-refractivity contribution < 1.29 is 8.42 Å². The third-order valence-corrected chi connectivity index (χ3v) is 5.45. The number of hydrogen-bond acceptors (Lipinski definition) is 2. The van der Waals surface area contributed by atoms with E-state index in [4.69, 9.17) is 11.6 Å². The van der Waals surface area contributed by atoms with Crippen LogP contribution in [0.5, 0.6) is 0 Å². The fourth-order valence-corrected chi connectivity index (χ4v) is 3.69. The Morgan fingerprint density at radius 2 is 2.12 bits per heavy atom. The van der Waals surface area contributed by atoms with Gasteiger partial charge in [-0.05, 0) is 26.0 Å². The van der Waals surface area contributed by atoms with Crippen molar-refractivity contribution in [2.45, 2.75) is 26.4 Å². The van der Waals surface area contributed by atoms with Crippen LogP contribution in [-0.4, -0.2) is 29.0 Å². The van der Waals surface area contributed by atoms with E-state index in [0.717, 1.165) is 5.69 Å². The first-order valence-corrected chi connectivity index (χ1v) is 7.33. The summed E-state index contributed by atoms with van der Waals surface area (Å²) in [5, 5.41) is -0.350. The molecule has 0 bridgehead atoms. The molecule has 1 aromatic heterocycles. The second-order valence-electron chi connectivity index (χ2n) is 4.06. The van der Waals surface area contributed by atoms with Crippen LogP contribution < -0.4 is 0 Å². The maximum atomic E-state index is 11.8. The fourth-order valence-electron chi connectivity index (χ4n) is 2.24. The van der Waals surface area contributed by atoms with Crippen molar-refractivity contribution in [2.75, 3.05) is 11.8 Å². The second-order valence-corrected chi connectivity index (χ2v) is 6.56. The largest absolute Gasteiger partial charge is 0.346 e. The molecule has 0 aromatic carbocycles. The van der Waals surface area contributed by atoms with Crippen molar-refractivity contribution in [3.8, 4) is 0 Å². The average molecular weight is 263 g/mol. The molecule has 90 valence electrons. The van der Waals surface area contributed by atoms with Gasteiger partial charge in [0.1, 0.15) is 5.21 Å². The van der Waals surface area contributed by atoms with Crippen LogP contribution in [0.2, 0.25) is 0 Å². The van der Waals surface area contributed by atoms with Gasteiger partial charge in [-0.15, -0.1) is 11.6 Å². The normalized spacial score (nSPS) is 22.1. The summed E-state index contributed by atoms with van der Waals surface area (Å²) in [4.78, 5) is 0. The van der Waals surface area contributed by atoms with Crippen molar-refractivity contribution in [2.24, 2.45) is 0 Å². The van der Waals surface area contributed by atoms with Gasteiger partial charge >= 0.3 is 0 Å². The third kappa shape index (κ3) is 1.77. The first-order valence-electron chi connectivity index (χ1n) is 5.19. The lowest BCUT2D eigenvalue weighted by atomic mass is 10.2. The number of hydrogen-bond donors (Lipinski definition) is 0. The summed E-state index contributed by atoms with van der Waals surface area (Å²) in [7, 11) is -3.32. The molecule has 0 aliphatic carbocycles. The summed E-state index contributed by atoms with van der Waals surface area (Å²) in [6.07, 6.45) is 0. The molecule has 2 rings (SSSR count). The highest BCUT2D eigenvalue weighted by Crippen LogP contribution is 2.29. The Morgan fingerprint density at radius 3 is 2.75 bits per heavy atom. The maximum Gasteiger partial charge on any atom is 0.228 e. The number of alkyl halides is 1. The summed E-state index contributed by atoms with van der Waals surface area (Å²) < 4.78 is 27.2. The molecule has 0 fully saturated rings. The van der Waals surface area contributed by atoms with Gasteiger partial charge in [0.15, 0.2) is 0 Å². The van der Waals surface area contributed by atoms with E-state index in [-0.39, 0.29) is 11.3 Å². The SMILES string of the molecule is Cc1ccc2n1CCN(S(=O)(=O)CCl)C2C. The lowest BCUT2D eigenvalue weighted by Gasteiger charge is -2.33. The molecule has 0 spiro atoms. The van der Waals surface area contributed by atoms with Crippen molar-refractivity contribution >= 4 is 21.6 Å². The van der Waals surface area contributed by atoms with Gasteiger partial charge in [0.05, 0.1) is 6.04 Å². The molecule has 1 unspecified atom stereocenters. The quantitative estimate of drug-likeness (QED) is 0.762. The van der Waals surface area contributed by atoms with Gasteiger partial charge in [0.2, 0.25) is 10.0 Å². The molecule has 0 saturated heterocycles. The highest BCUT2D eigenvalue weighted by molar-refractivity contribution is 7.90.